The molecule has 4 heteroatoms. The van der Waals surface area contributed by atoms with E-state index in [4.69, 9.17) is 11.6 Å². The van der Waals surface area contributed by atoms with Gasteiger partial charge in [-0.3, -0.25) is 0 Å². The lowest BCUT2D eigenvalue weighted by Gasteiger charge is -2.33. The number of rotatable bonds is 2. The molecule has 1 heterocycles. The van der Waals surface area contributed by atoms with Crippen molar-refractivity contribution >= 4 is 11.6 Å². The van der Waals surface area contributed by atoms with E-state index in [0.717, 1.165) is 30.6 Å². The van der Waals surface area contributed by atoms with E-state index in [1.165, 1.54) is 18.2 Å². The Hall–Kier alpha value is -1.45. The SMILES string of the molecule is Fc1ccc(C2CNCCC2c2cc(F)cc(Cl)c2)cc1. The molecule has 1 fully saturated rings. The lowest BCUT2D eigenvalue weighted by molar-refractivity contribution is 0.402. The number of nitrogens with one attached hydrogen (secondary N) is 1. The minimum Gasteiger partial charge on any atom is -0.316 e. The summed E-state index contributed by atoms with van der Waals surface area (Å²) in [5, 5.41) is 3.77. The van der Waals surface area contributed by atoms with Gasteiger partial charge in [0.1, 0.15) is 11.6 Å². The van der Waals surface area contributed by atoms with Crippen molar-refractivity contribution in [2.45, 2.75) is 18.3 Å². The Morgan fingerprint density at radius 2 is 1.67 bits per heavy atom. The number of benzene rings is 2. The van der Waals surface area contributed by atoms with E-state index in [0.29, 0.717) is 5.02 Å². The summed E-state index contributed by atoms with van der Waals surface area (Å²) >= 11 is 5.98. The second-order valence-electron chi connectivity index (χ2n) is 5.46. The summed E-state index contributed by atoms with van der Waals surface area (Å²) in [6.45, 7) is 1.68. The predicted octanol–water partition coefficient (Wildman–Crippen LogP) is 4.48. The molecule has 0 radical (unpaired) electrons. The average molecular weight is 308 g/mol. The van der Waals surface area contributed by atoms with Crippen LogP contribution in [-0.4, -0.2) is 13.1 Å². The van der Waals surface area contributed by atoms with Gasteiger partial charge in [-0.1, -0.05) is 23.7 Å². The zero-order valence-corrected chi connectivity index (χ0v) is 12.2. The van der Waals surface area contributed by atoms with Crippen LogP contribution in [0.15, 0.2) is 42.5 Å². The van der Waals surface area contributed by atoms with E-state index >= 15 is 0 Å². The van der Waals surface area contributed by atoms with Gasteiger partial charge in [-0.2, -0.15) is 0 Å². The van der Waals surface area contributed by atoms with Gasteiger partial charge < -0.3 is 5.32 Å². The van der Waals surface area contributed by atoms with Gasteiger partial charge in [-0.05, 0) is 60.3 Å². The van der Waals surface area contributed by atoms with Gasteiger partial charge in [0.05, 0.1) is 0 Å². The summed E-state index contributed by atoms with van der Waals surface area (Å²) in [5.74, 6) is -0.177. The molecule has 2 atom stereocenters. The minimum absolute atomic E-state index is 0.185. The quantitative estimate of drug-likeness (QED) is 0.862. The lowest BCUT2D eigenvalue weighted by atomic mass is 9.77. The molecule has 0 amide bonds. The fourth-order valence-corrected chi connectivity index (χ4v) is 3.34. The molecule has 0 aliphatic carbocycles. The van der Waals surface area contributed by atoms with Gasteiger partial charge in [0, 0.05) is 17.5 Å². The fraction of sp³-hybridized carbons (Fsp3) is 0.294. The Balaban J connectivity index is 1.95. The molecule has 0 saturated carbocycles. The van der Waals surface area contributed by atoms with Gasteiger partial charge in [0.25, 0.3) is 0 Å². The number of hydrogen-bond acceptors (Lipinski definition) is 1. The highest BCUT2D eigenvalue weighted by atomic mass is 35.5. The highest BCUT2D eigenvalue weighted by Crippen LogP contribution is 2.38. The molecule has 1 aliphatic rings. The van der Waals surface area contributed by atoms with E-state index in [1.54, 1.807) is 18.2 Å². The molecule has 110 valence electrons. The third kappa shape index (κ3) is 3.25. The molecule has 2 aromatic carbocycles. The van der Waals surface area contributed by atoms with Crippen LogP contribution in [0, 0.1) is 11.6 Å². The van der Waals surface area contributed by atoms with Crippen LogP contribution in [0.1, 0.15) is 29.4 Å². The Kier molecular flexibility index (Phi) is 4.22. The standard InChI is InChI=1S/C17H16ClF2N/c18-13-7-12(8-15(20)9-13)16-5-6-21-10-17(16)11-1-3-14(19)4-2-11/h1-4,7-9,16-17,21H,5-6,10H2. The largest absolute Gasteiger partial charge is 0.316 e. The highest BCUT2D eigenvalue weighted by molar-refractivity contribution is 6.30. The van der Waals surface area contributed by atoms with Crippen molar-refractivity contribution in [3.05, 3.63) is 70.2 Å². The van der Waals surface area contributed by atoms with Crippen molar-refractivity contribution in [2.24, 2.45) is 0 Å². The molecular weight excluding hydrogens is 292 g/mol. The first-order valence-electron chi connectivity index (χ1n) is 7.05. The fourth-order valence-electron chi connectivity index (χ4n) is 3.11. The van der Waals surface area contributed by atoms with Crippen molar-refractivity contribution in [3.63, 3.8) is 0 Å². The molecule has 0 spiro atoms. The Bertz CT molecular complexity index is 607. The van der Waals surface area contributed by atoms with Crippen molar-refractivity contribution in [2.75, 3.05) is 13.1 Å². The van der Waals surface area contributed by atoms with Crippen LogP contribution in [0.2, 0.25) is 5.02 Å². The van der Waals surface area contributed by atoms with Crippen LogP contribution in [0.5, 0.6) is 0 Å². The lowest BCUT2D eigenvalue weighted by Crippen LogP contribution is -2.34. The van der Waals surface area contributed by atoms with Crippen LogP contribution in [0.3, 0.4) is 0 Å². The molecule has 3 rings (SSSR count). The van der Waals surface area contributed by atoms with Crippen molar-refractivity contribution < 1.29 is 8.78 Å². The summed E-state index contributed by atoms with van der Waals surface area (Å²) in [5.41, 5.74) is 1.98. The number of piperidine rings is 1. The zero-order valence-electron chi connectivity index (χ0n) is 11.5. The molecule has 0 aromatic heterocycles. The Labute approximate surface area is 127 Å². The summed E-state index contributed by atoms with van der Waals surface area (Å²) in [6.07, 6.45) is 0.905. The smallest absolute Gasteiger partial charge is 0.124 e. The van der Waals surface area contributed by atoms with Crippen LogP contribution in [-0.2, 0) is 0 Å². The van der Waals surface area contributed by atoms with Crippen LogP contribution >= 0.6 is 11.6 Å². The van der Waals surface area contributed by atoms with Gasteiger partial charge in [-0.15, -0.1) is 0 Å². The average Bonchev–Trinajstić information content (AvgIpc) is 2.47. The second-order valence-corrected chi connectivity index (χ2v) is 5.90. The van der Waals surface area contributed by atoms with Crippen LogP contribution in [0.25, 0.3) is 0 Å². The first kappa shape index (κ1) is 14.5. The van der Waals surface area contributed by atoms with Crippen molar-refractivity contribution in [1.82, 2.24) is 5.32 Å². The Morgan fingerprint density at radius 3 is 2.38 bits per heavy atom. The molecule has 1 aliphatic heterocycles. The summed E-state index contributed by atoms with van der Waals surface area (Å²) < 4.78 is 26.7. The summed E-state index contributed by atoms with van der Waals surface area (Å²) in [4.78, 5) is 0. The maximum absolute atomic E-state index is 13.6. The van der Waals surface area contributed by atoms with Gasteiger partial charge in [0.15, 0.2) is 0 Å². The number of halogens is 3. The van der Waals surface area contributed by atoms with Crippen molar-refractivity contribution in [3.8, 4) is 0 Å². The topological polar surface area (TPSA) is 12.0 Å². The van der Waals surface area contributed by atoms with E-state index in [-0.39, 0.29) is 23.5 Å². The first-order valence-corrected chi connectivity index (χ1v) is 7.43. The second kappa shape index (κ2) is 6.12. The molecule has 2 aromatic rings. The third-order valence-electron chi connectivity index (χ3n) is 4.09. The highest BCUT2D eigenvalue weighted by Gasteiger charge is 2.28. The van der Waals surface area contributed by atoms with Crippen LogP contribution in [0.4, 0.5) is 8.78 Å². The van der Waals surface area contributed by atoms with E-state index in [2.05, 4.69) is 5.32 Å². The molecule has 21 heavy (non-hydrogen) atoms. The summed E-state index contributed by atoms with van der Waals surface area (Å²) in [6, 6.07) is 11.3. The monoisotopic (exact) mass is 307 g/mol. The van der Waals surface area contributed by atoms with E-state index in [1.807, 2.05) is 6.07 Å². The zero-order chi connectivity index (χ0) is 14.8. The predicted molar refractivity (Wildman–Crippen MR) is 80.8 cm³/mol. The van der Waals surface area contributed by atoms with Crippen molar-refractivity contribution in [1.29, 1.82) is 0 Å². The third-order valence-corrected chi connectivity index (χ3v) is 4.31. The first-order chi connectivity index (χ1) is 10.1. The minimum atomic E-state index is -0.311. The molecule has 2 unspecified atom stereocenters. The van der Waals surface area contributed by atoms with Gasteiger partial charge in [-0.25, -0.2) is 8.78 Å². The molecule has 1 saturated heterocycles. The van der Waals surface area contributed by atoms with E-state index < -0.39 is 0 Å². The molecular formula is C17H16ClF2N. The maximum Gasteiger partial charge on any atom is 0.124 e. The maximum atomic E-state index is 13.6. The molecule has 1 N–H and O–H groups in total. The molecule has 1 nitrogen and oxygen atoms in total. The Morgan fingerprint density at radius 1 is 0.905 bits per heavy atom. The summed E-state index contributed by atoms with van der Waals surface area (Å²) in [7, 11) is 0. The van der Waals surface area contributed by atoms with E-state index in [9.17, 15) is 8.78 Å². The van der Waals surface area contributed by atoms with Gasteiger partial charge in [0.2, 0.25) is 0 Å². The normalized spacial score (nSPS) is 22.2. The molecule has 0 bridgehead atoms. The van der Waals surface area contributed by atoms with Gasteiger partial charge >= 0.3 is 0 Å². The number of hydrogen-bond donors (Lipinski definition) is 1. The van der Waals surface area contributed by atoms with Crippen LogP contribution < -0.4 is 5.32 Å².